The van der Waals surface area contributed by atoms with Gasteiger partial charge in [0.1, 0.15) is 24.9 Å². The van der Waals surface area contributed by atoms with Crippen LogP contribution in [0, 0.1) is 0 Å². The lowest BCUT2D eigenvalue weighted by Gasteiger charge is -2.24. The first-order valence-electron chi connectivity index (χ1n) is 8.70. The minimum Gasteiger partial charge on any atom is -0.461 e. The van der Waals surface area contributed by atoms with Crippen LogP contribution in [0.25, 0.3) is 11.1 Å². The molecule has 4 rings (SSSR count). The summed E-state index contributed by atoms with van der Waals surface area (Å²) in [4.78, 5) is 12.4. The molecule has 1 heterocycles. The van der Waals surface area contributed by atoms with Crippen LogP contribution in [0.4, 0.5) is 0 Å². The number of carbonyl (C=O) groups excluding carboxylic acids is 1. The summed E-state index contributed by atoms with van der Waals surface area (Å²) in [6, 6.07) is 15.6. The fourth-order valence-corrected chi connectivity index (χ4v) is 3.82. The Morgan fingerprint density at radius 1 is 1.04 bits per heavy atom. The average Bonchev–Trinajstić information content (AvgIpc) is 3.14. The maximum absolute atomic E-state index is 12.4. The Morgan fingerprint density at radius 2 is 1.59 bits per heavy atom. The molecule has 0 radical (unpaired) electrons. The number of hydrogen-bond donors (Lipinski definition) is 4. The van der Waals surface area contributed by atoms with Gasteiger partial charge in [0.05, 0.1) is 6.61 Å². The second-order valence-corrected chi connectivity index (χ2v) is 6.80. The van der Waals surface area contributed by atoms with Crippen LogP contribution in [0.1, 0.15) is 17.0 Å². The summed E-state index contributed by atoms with van der Waals surface area (Å²) in [7, 11) is 0. The van der Waals surface area contributed by atoms with Crippen LogP contribution in [0.15, 0.2) is 48.5 Å². The van der Waals surface area contributed by atoms with Gasteiger partial charge in [-0.25, -0.2) is 4.79 Å². The van der Waals surface area contributed by atoms with Gasteiger partial charge in [0.25, 0.3) is 5.79 Å². The molecule has 4 N–H and O–H groups in total. The third-order valence-electron chi connectivity index (χ3n) is 5.25. The number of rotatable bonds is 4. The van der Waals surface area contributed by atoms with Crippen LogP contribution >= 0.6 is 0 Å². The summed E-state index contributed by atoms with van der Waals surface area (Å²) in [6.45, 7) is -0.720. The van der Waals surface area contributed by atoms with E-state index in [0.29, 0.717) is 0 Å². The van der Waals surface area contributed by atoms with Gasteiger partial charge in [0, 0.05) is 5.92 Å². The zero-order valence-corrected chi connectivity index (χ0v) is 14.4. The van der Waals surface area contributed by atoms with Crippen molar-refractivity contribution in [2.45, 2.75) is 30.0 Å². The molecule has 4 atom stereocenters. The molecule has 0 bridgehead atoms. The van der Waals surface area contributed by atoms with Crippen molar-refractivity contribution in [3.63, 3.8) is 0 Å². The Kier molecular flexibility index (Phi) is 4.49. The molecule has 2 aliphatic rings. The Balaban J connectivity index is 1.55. The average molecular weight is 372 g/mol. The van der Waals surface area contributed by atoms with E-state index < -0.39 is 36.7 Å². The highest BCUT2D eigenvalue weighted by atomic mass is 16.7. The van der Waals surface area contributed by atoms with Crippen molar-refractivity contribution in [1.82, 2.24) is 0 Å². The van der Waals surface area contributed by atoms with Gasteiger partial charge in [0.15, 0.2) is 0 Å². The molecule has 2 aromatic carbocycles. The van der Waals surface area contributed by atoms with E-state index >= 15 is 0 Å². The molecule has 0 aromatic heterocycles. The number of fused-ring (bicyclic) bond motifs is 3. The quantitative estimate of drug-likeness (QED) is 0.564. The van der Waals surface area contributed by atoms with E-state index in [-0.39, 0.29) is 12.5 Å². The van der Waals surface area contributed by atoms with Gasteiger partial charge in [-0.2, -0.15) is 0 Å². The van der Waals surface area contributed by atoms with E-state index in [0.717, 1.165) is 22.3 Å². The molecule has 1 fully saturated rings. The predicted molar refractivity (Wildman–Crippen MR) is 93.6 cm³/mol. The Bertz CT molecular complexity index is 821. The van der Waals surface area contributed by atoms with Crippen LogP contribution in [0.3, 0.4) is 0 Å². The molecule has 27 heavy (non-hydrogen) atoms. The van der Waals surface area contributed by atoms with Gasteiger partial charge in [-0.3, -0.25) is 0 Å². The molecule has 1 aliphatic heterocycles. The molecule has 1 saturated heterocycles. The first-order chi connectivity index (χ1) is 13.0. The lowest BCUT2D eigenvalue weighted by atomic mass is 9.98. The van der Waals surface area contributed by atoms with Crippen molar-refractivity contribution in [3.05, 3.63) is 59.7 Å². The third kappa shape index (κ3) is 2.75. The minimum absolute atomic E-state index is 0.0643. The zero-order chi connectivity index (χ0) is 19.2. The molecule has 1 unspecified atom stereocenters. The first-order valence-corrected chi connectivity index (χ1v) is 8.70. The summed E-state index contributed by atoms with van der Waals surface area (Å²) < 4.78 is 10.2. The zero-order valence-electron chi connectivity index (χ0n) is 14.4. The van der Waals surface area contributed by atoms with Gasteiger partial charge < -0.3 is 29.9 Å². The lowest BCUT2D eigenvalue weighted by Crippen LogP contribution is -2.51. The fourth-order valence-electron chi connectivity index (χ4n) is 3.82. The highest BCUT2D eigenvalue weighted by Gasteiger charge is 2.59. The molecule has 7 nitrogen and oxygen atoms in total. The first kappa shape index (κ1) is 18.1. The summed E-state index contributed by atoms with van der Waals surface area (Å²) in [5.74, 6) is -4.14. The van der Waals surface area contributed by atoms with Crippen LogP contribution < -0.4 is 0 Å². The normalized spacial score (nSPS) is 29.4. The number of hydrogen-bond acceptors (Lipinski definition) is 7. The highest BCUT2D eigenvalue weighted by Crippen LogP contribution is 2.44. The Morgan fingerprint density at radius 3 is 2.11 bits per heavy atom. The molecule has 7 heteroatoms. The van der Waals surface area contributed by atoms with Gasteiger partial charge in [-0.1, -0.05) is 48.5 Å². The third-order valence-corrected chi connectivity index (χ3v) is 5.25. The second kappa shape index (κ2) is 6.70. The van der Waals surface area contributed by atoms with Crippen molar-refractivity contribution in [1.29, 1.82) is 0 Å². The standard InChI is InChI=1S/C20H20O7/c21-9-16-17(22)18(23)20(25,27-16)19(24)26-10-15-13-7-3-1-5-11(13)12-6-2-4-8-14(12)15/h1-8,15-18,21-23,25H,9-10H2/t16-,17-,18-,20?/m1/s1. The van der Waals surface area contributed by atoms with E-state index in [9.17, 15) is 20.1 Å². The van der Waals surface area contributed by atoms with E-state index in [1.165, 1.54) is 0 Å². The van der Waals surface area contributed by atoms with Crippen molar-refractivity contribution in [3.8, 4) is 11.1 Å². The highest BCUT2D eigenvalue weighted by molar-refractivity contribution is 5.81. The topological polar surface area (TPSA) is 116 Å². The van der Waals surface area contributed by atoms with Gasteiger partial charge in [-0.05, 0) is 22.3 Å². The second-order valence-electron chi connectivity index (χ2n) is 6.80. The summed E-state index contributed by atoms with van der Waals surface area (Å²) >= 11 is 0. The number of esters is 1. The van der Waals surface area contributed by atoms with Gasteiger partial charge in [0.2, 0.25) is 0 Å². The van der Waals surface area contributed by atoms with Crippen LogP contribution in [-0.2, 0) is 14.3 Å². The van der Waals surface area contributed by atoms with Crippen molar-refractivity contribution >= 4 is 5.97 Å². The molecule has 0 spiro atoms. The molecular weight excluding hydrogens is 352 g/mol. The van der Waals surface area contributed by atoms with Gasteiger partial charge in [-0.15, -0.1) is 0 Å². The maximum Gasteiger partial charge on any atom is 0.369 e. The molecule has 0 saturated carbocycles. The maximum atomic E-state index is 12.4. The van der Waals surface area contributed by atoms with Crippen molar-refractivity contribution in [2.24, 2.45) is 0 Å². The SMILES string of the molecule is O=C(OCC1c2ccccc2-c2ccccc21)C1(O)O[C@H](CO)[C@@H](O)[C@H]1O. The smallest absolute Gasteiger partial charge is 0.369 e. The Labute approximate surface area is 155 Å². The summed E-state index contributed by atoms with van der Waals surface area (Å²) in [5, 5.41) is 39.2. The van der Waals surface area contributed by atoms with Gasteiger partial charge >= 0.3 is 5.97 Å². The Hall–Kier alpha value is -2.29. The van der Waals surface area contributed by atoms with Crippen molar-refractivity contribution in [2.75, 3.05) is 13.2 Å². The number of aliphatic hydroxyl groups is 4. The van der Waals surface area contributed by atoms with E-state index in [1.807, 2.05) is 48.5 Å². The van der Waals surface area contributed by atoms with Crippen molar-refractivity contribution < 1.29 is 34.7 Å². The summed E-state index contributed by atoms with van der Waals surface area (Å²) in [5.41, 5.74) is 4.11. The minimum atomic E-state index is -2.72. The van der Waals surface area contributed by atoms with Crippen LogP contribution in [0.2, 0.25) is 0 Å². The molecule has 2 aromatic rings. The molecule has 1 aliphatic carbocycles. The largest absolute Gasteiger partial charge is 0.461 e. The van der Waals surface area contributed by atoms with E-state index in [4.69, 9.17) is 14.6 Å². The lowest BCUT2D eigenvalue weighted by molar-refractivity contribution is -0.244. The van der Waals surface area contributed by atoms with E-state index in [2.05, 4.69) is 0 Å². The number of benzene rings is 2. The number of ether oxygens (including phenoxy) is 2. The monoisotopic (exact) mass is 372 g/mol. The summed E-state index contributed by atoms with van der Waals surface area (Å²) in [6.07, 6.45) is -4.78. The fraction of sp³-hybridized carbons (Fsp3) is 0.350. The molecule has 142 valence electrons. The number of aliphatic hydroxyl groups excluding tert-OH is 3. The predicted octanol–water partition coefficient (Wildman–Crippen LogP) is 0.144. The molecular formula is C20H20O7. The van der Waals surface area contributed by atoms with Crippen LogP contribution in [0.5, 0.6) is 0 Å². The van der Waals surface area contributed by atoms with Crippen LogP contribution in [-0.4, -0.2) is 63.7 Å². The molecule has 0 amide bonds. The number of carbonyl (C=O) groups is 1. The van der Waals surface area contributed by atoms with E-state index in [1.54, 1.807) is 0 Å².